The minimum atomic E-state index is 0.155. The Morgan fingerprint density at radius 2 is 2.13 bits per heavy atom. The lowest BCUT2D eigenvalue weighted by Crippen LogP contribution is -2.46. The molecule has 6 nitrogen and oxygen atoms in total. The van der Waals surface area contributed by atoms with Gasteiger partial charge in [-0.25, -0.2) is 0 Å². The van der Waals surface area contributed by atoms with Gasteiger partial charge in [0.15, 0.2) is 0 Å². The summed E-state index contributed by atoms with van der Waals surface area (Å²) in [6.07, 6.45) is 1.82. The monoisotopic (exact) mass is 314 g/mol. The highest BCUT2D eigenvalue weighted by atomic mass is 16.5. The minimum Gasteiger partial charge on any atom is -0.492 e. The van der Waals surface area contributed by atoms with Crippen LogP contribution in [0.15, 0.2) is 48.7 Å². The highest BCUT2D eigenvalue weighted by molar-refractivity contribution is 5.31. The van der Waals surface area contributed by atoms with Gasteiger partial charge < -0.3 is 14.8 Å². The van der Waals surface area contributed by atoms with E-state index in [1.807, 2.05) is 42.5 Å². The average molecular weight is 314 g/mol. The molecule has 23 heavy (non-hydrogen) atoms. The van der Waals surface area contributed by atoms with Gasteiger partial charge in [0, 0.05) is 32.4 Å². The second-order valence-electron chi connectivity index (χ2n) is 5.44. The second kappa shape index (κ2) is 8.45. The Morgan fingerprint density at radius 3 is 2.96 bits per heavy atom. The molecule has 0 saturated carbocycles. The van der Waals surface area contributed by atoms with E-state index in [4.69, 9.17) is 9.47 Å². The Morgan fingerprint density at radius 1 is 1.22 bits per heavy atom. The fourth-order valence-electron chi connectivity index (χ4n) is 2.53. The van der Waals surface area contributed by atoms with Crippen molar-refractivity contribution in [2.75, 3.05) is 44.7 Å². The van der Waals surface area contributed by atoms with Crippen LogP contribution in [0.2, 0.25) is 0 Å². The van der Waals surface area contributed by atoms with Gasteiger partial charge >= 0.3 is 0 Å². The number of anilines is 1. The number of nitrogens with zero attached hydrogens (tertiary/aromatic N) is 3. The molecule has 0 spiro atoms. The van der Waals surface area contributed by atoms with Crippen molar-refractivity contribution >= 4 is 5.82 Å². The molecule has 1 aromatic heterocycles. The van der Waals surface area contributed by atoms with Crippen LogP contribution in [0.3, 0.4) is 0 Å². The molecule has 0 amide bonds. The van der Waals surface area contributed by atoms with Crippen LogP contribution in [0.5, 0.6) is 5.75 Å². The van der Waals surface area contributed by atoms with Crippen LogP contribution in [0.1, 0.15) is 0 Å². The molecule has 1 aromatic carbocycles. The molecule has 0 bridgehead atoms. The highest BCUT2D eigenvalue weighted by Crippen LogP contribution is 2.10. The third kappa shape index (κ3) is 5.19. The molecule has 2 heterocycles. The first-order valence-electron chi connectivity index (χ1n) is 7.93. The Kier molecular flexibility index (Phi) is 5.77. The van der Waals surface area contributed by atoms with Gasteiger partial charge in [0.05, 0.1) is 12.7 Å². The number of ether oxygens (including phenoxy) is 2. The number of morpholine rings is 1. The van der Waals surface area contributed by atoms with Gasteiger partial charge in [-0.05, 0) is 24.3 Å². The molecule has 6 heteroatoms. The summed E-state index contributed by atoms with van der Waals surface area (Å²) in [5, 5.41) is 11.1. The van der Waals surface area contributed by atoms with Crippen LogP contribution >= 0.6 is 0 Å². The number of aromatic nitrogens is 2. The summed E-state index contributed by atoms with van der Waals surface area (Å²) >= 11 is 0. The van der Waals surface area contributed by atoms with E-state index in [1.54, 1.807) is 6.20 Å². The van der Waals surface area contributed by atoms with Gasteiger partial charge in [-0.1, -0.05) is 18.2 Å². The van der Waals surface area contributed by atoms with Crippen molar-refractivity contribution in [2.24, 2.45) is 0 Å². The third-order valence-corrected chi connectivity index (χ3v) is 3.73. The zero-order valence-electron chi connectivity index (χ0n) is 13.1. The lowest BCUT2D eigenvalue weighted by atomic mass is 10.2. The van der Waals surface area contributed by atoms with E-state index in [2.05, 4.69) is 20.4 Å². The van der Waals surface area contributed by atoms with Gasteiger partial charge in [0.1, 0.15) is 18.2 Å². The molecule has 3 rings (SSSR count). The van der Waals surface area contributed by atoms with Crippen molar-refractivity contribution in [3.05, 3.63) is 48.7 Å². The third-order valence-electron chi connectivity index (χ3n) is 3.73. The van der Waals surface area contributed by atoms with Gasteiger partial charge in [0.2, 0.25) is 0 Å². The number of rotatable bonds is 7. The fraction of sp³-hybridized carbons (Fsp3) is 0.412. The summed E-state index contributed by atoms with van der Waals surface area (Å²) in [4.78, 5) is 2.37. The van der Waals surface area contributed by atoms with E-state index in [9.17, 15) is 0 Å². The fourth-order valence-corrected chi connectivity index (χ4v) is 2.53. The summed E-state index contributed by atoms with van der Waals surface area (Å²) in [6.45, 7) is 4.91. The molecular weight excluding hydrogens is 292 g/mol. The van der Waals surface area contributed by atoms with E-state index < -0.39 is 0 Å². The largest absolute Gasteiger partial charge is 0.492 e. The zero-order valence-corrected chi connectivity index (χ0v) is 13.1. The van der Waals surface area contributed by atoms with E-state index in [1.165, 1.54) is 0 Å². The number of nitrogens with one attached hydrogen (secondary N) is 1. The molecule has 0 aliphatic carbocycles. The van der Waals surface area contributed by atoms with Gasteiger partial charge in [-0.2, -0.15) is 5.10 Å². The molecular formula is C17H22N4O2. The molecule has 1 fully saturated rings. The molecule has 1 aliphatic heterocycles. The zero-order chi connectivity index (χ0) is 15.7. The lowest BCUT2D eigenvalue weighted by molar-refractivity contribution is -0.0242. The molecule has 1 aliphatic rings. The molecule has 122 valence electrons. The number of hydrogen-bond donors (Lipinski definition) is 1. The average Bonchev–Trinajstić information content (AvgIpc) is 2.62. The summed E-state index contributed by atoms with van der Waals surface area (Å²) < 4.78 is 11.6. The molecule has 1 N–H and O–H groups in total. The quantitative estimate of drug-likeness (QED) is 0.839. The lowest BCUT2D eigenvalue weighted by Gasteiger charge is -2.32. The molecule has 1 atom stereocenters. The van der Waals surface area contributed by atoms with Crippen LogP contribution in [0.25, 0.3) is 0 Å². The van der Waals surface area contributed by atoms with Crippen molar-refractivity contribution in [1.29, 1.82) is 0 Å². The Balaban J connectivity index is 1.38. The smallest absolute Gasteiger partial charge is 0.148 e. The van der Waals surface area contributed by atoms with Crippen LogP contribution in [-0.4, -0.2) is 60.6 Å². The van der Waals surface area contributed by atoms with Gasteiger partial charge in [-0.15, -0.1) is 5.10 Å². The number of para-hydroxylation sites is 1. The Bertz CT molecular complexity index is 567. The van der Waals surface area contributed by atoms with E-state index in [0.717, 1.165) is 44.4 Å². The Labute approximate surface area is 136 Å². The van der Waals surface area contributed by atoms with Crippen LogP contribution in [-0.2, 0) is 4.74 Å². The maximum atomic E-state index is 5.80. The van der Waals surface area contributed by atoms with E-state index in [-0.39, 0.29) is 6.10 Å². The molecule has 0 radical (unpaired) electrons. The topological polar surface area (TPSA) is 59.5 Å². The Hall–Kier alpha value is -2.18. The number of benzene rings is 1. The molecule has 1 saturated heterocycles. The summed E-state index contributed by atoms with van der Waals surface area (Å²) in [6, 6.07) is 13.7. The summed E-state index contributed by atoms with van der Waals surface area (Å²) in [5.41, 5.74) is 0. The maximum Gasteiger partial charge on any atom is 0.148 e. The first-order chi connectivity index (χ1) is 11.4. The van der Waals surface area contributed by atoms with Crippen LogP contribution < -0.4 is 10.1 Å². The minimum absolute atomic E-state index is 0.155. The van der Waals surface area contributed by atoms with Gasteiger partial charge in [-0.3, -0.25) is 4.90 Å². The van der Waals surface area contributed by atoms with Crippen molar-refractivity contribution in [3.8, 4) is 5.75 Å². The summed E-state index contributed by atoms with van der Waals surface area (Å²) in [5.74, 6) is 1.70. The second-order valence-corrected chi connectivity index (χ2v) is 5.44. The van der Waals surface area contributed by atoms with Crippen LogP contribution in [0.4, 0.5) is 5.82 Å². The SMILES string of the molecule is c1ccc(OCCN2CCOC(CNc3cccnn3)C2)cc1. The first-order valence-corrected chi connectivity index (χ1v) is 7.93. The normalized spacial score (nSPS) is 18.5. The van der Waals surface area contributed by atoms with Crippen LogP contribution in [0, 0.1) is 0 Å². The standard InChI is InChI=1S/C17H22N4O2/c1-2-5-15(6-3-1)22-11-9-21-10-12-23-16(14-21)13-18-17-7-4-8-19-20-17/h1-8,16H,9-14H2,(H,18,20). The van der Waals surface area contributed by atoms with Crippen molar-refractivity contribution < 1.29 is 9.47 Å². The van der Waals surface area contributed by atoms with Crippen molar-refractivity contribution in [1.82, 2.24) is 15.1 Å². The maximum absolute atomic E-state index is 5.80. The predicted octanol–water partition coefficient (Wildman–Crippen LogP) is 1.67. The summed E-state index contributed by atoms with van der Waals surface area (Å²) in [7, 11) is 0. The van der Waals surface area contributed by atoms with E-state index >= 15 is 0 Å². The first kappa shape index (κ1) is 15.7. The molecule has 1 unspecified atom stereocenters. The molecule has 2 aromatic rings. The highest BCUT2D eigenvalue weighted by Gasteiger charge is 2.20. The predicted molar refractivity (Wildman–Crippen MR) is 88.6 cm³/mol. The van der Waals surface area contributed by atoms with Crippen molar-refractivity contribution in [2.45, 2.75) is 6.10 Å². The number of hydrogen-bond acceptors (Lipinski definition) is 6. The van der Waals surface area contributed by atoms with E-state index in [0.29, 0.717) is 6.61 Å². The van der Waals surface area contributed by atoms with Gasteiger partial charge in [0.25, 0.3) is 0 Å². The van der Waals surface area contributed by atoms with Crippen molar-refractivity contribution in [3.63, 3.8) is 0 Å².